The topological polar surface area (TPSA) is 43.1 Å². The summed E-state index contributed by atoms with van der Waals surface area (Å²) in [6.45, 7) is 0. The summed E-state index contributed by atoms with van der Waals surface area (Å²) in [5.74, 6) is 1.27. The second kappa shape index (κ2) is 4.87. The molecular weight excluding hydrogens is 258 g/mol. The van der Waals surface area contributed by atoms with Gasteiger partial charge in [0.25, 0.3) is 0 Å². The molecule has 2 nitrogen and oxygen atoms in total. The molecule has 2 heteroatoms. The van der Waals surface area contributed by atoms with Crippen LogP contribution in [0.5, 0.6) is 0 Å². The molecule has 3 atom stereocenters. The summed E-state index contributed by atoms with van der Waals surface area (Å²) in [6, 6.07) is 8.71. The molecule has 1 fully saturated rings. The van der Waals surface area contributed by atoms with Gasteiger partial charge in [0.2, 0.25) is 5.91 Å². The highest BCUT2D eigenvalue weighted by molar-refractivity contribution is 5.77. The van der Waals surface area contributed by atoms with Crippen molar-refractivity contribution in [3.63, 3.8) is 0 Å². The largest absolute Gasteiger partial charge is 0.369 e. The smallest absolute Gasteiger partial charge is 0.220 e. The van der Waals surface area contributed by atoms with E-state index in [0.29, 0.717) is 11.8 Å². The molecule has 0 heterocycles. The Labute approximate surface area is 125 Å². The molecule has 3 unspecified atom stereocenters. The molecule has 3 aliphatic rings. The number of fused-ring (bicyclic) bond motifs is 3. The standard InChI is InChI=1S/C19H21NO/c20-19(21)15-6-5-14-9-17-7-12-3-1-2-4-13(12)8-18(17)11-16(14)10-15/h1-4,8,11,14-15,17H,5-7,9-10H2,(H2,20,21). The Morgan fingerprint density at radius 2 is 1.90 bits per heavy atom. The van der Waals surface area contributed by atoms with Crippen molar-refractivity contribution in [1.29, 1.82) is 0 Å². The van der Waals surface area contributed by atoms with Crippen LogP contribution in [0.25, 0.3) is 6.08 Å². The molecule has 108 valence electrons. The summed E-state index contributed by atoms with van der Waals surface area (Å²) in [5.41, 5.74) is 11.3. The SMILES string of the molecule is NC(=O)C1CCC2CC3Cc4ccccc4C=C3C=C2C1. The van der Waals surface area contributed by atoms with Gasteiger partial charge in [0.15, 0.2) is 0 Å². The van der Waals surface area contributed by atoms with Gasteiger partial charge in [0.1, 0.15) is 0 Å². The first-order valence-electron chi connectivity index (χ1n) is 8.00. The summed E-state index contributed by atoms with van der Waals surface area (Å²) < 4.78 is 0. The second-order valence-electron chi connectivity index (χ2n) is 6.78. The highest BCUT2D eigenvalue weighted by Gasteiger charge is 2.35. The summed E-state index contributed by atoms with van der Waals surface area (Å²) in [4.78, 5) is 11.5. The van der Waals surface area contributed by atoms with Crippen molar-refractivity contribution in [3.8, 4) is 0 Å². The lowest BCUT2D eigenvalue weighted by Gasteiger charge is -2.38. The fourth-order valence-corrected chi connectivity index (χ4v) is 4.31. The maximum absolute atomic E-state index is 11.5. The Morgan fingerprint density at radius 1 is 1.05 bits per heavy atom. The van der Waals surface area contributed by atoms with Crippen LogP contribution in [-0.2, 0) is 11.2 Å². The predicted molar refractivity (Wildman–Crippen MR) is 84.3 cm³/mol. The molecule has 21 heavy (non-hydrogen) atoms. The van der Waals surface area contributed by atoms with E-state index < -0.39 is 0 Å². The Kier molecular flexibility index (Phi) is 2.99. The van der Waals surface area contributed by atoms with Crippen LogP contribution in [0.4, 0.5) is 0 Å². The number of carbonyl (C=O) groups excluding carboxylic acids is 1. The van der Waals surface area contributed by atoms with Gasteiger partial charge in [0, 0.05) is 5.92 Å². The third-order valence-electron chi connectivity index (χ3n) is 5.51. The van der Waals surface area contributed by atoms with Gasteiger partial charge < -0.3 is 5.73 Å². The minimum Gasteiger partial charge on any atom is -0.369 e. The minimum absolute atomic E-state index is 0.0560. The van der Waals surface area contributed by atoms with E-state index in [0.717, 1.165) is 19.3 Å². The lowest BCUT2D eigenvalue weighted by molar-refractivity contribution is -0.122. The molecule has 3 aliphatic carbocycles. The molecule has 1 aromatic carbocycles. The average Bonchev–Trinajstić information content (AvgIpc) is 2.50. The van der Waals surface area contributed by atoms with Crippen LogP contribution in [0.1, 0.15) is 36.8 Å². The number of hydrogen-bond acceptors (Lipinski definition) is 1. The molecule has 0 bridgehead atoms. The maximum Gasteiger partial charge on any atom is 0.220 e. The minimum atomic E-state index is -0.126. The summed E-state index contributed by atoms with van der Waals surface area (Å²) in [7, 11) is 0. The molecule has 0 aliphatic heterocycles. The zero-order valence-electron chi connectivity index (χ0n) is 12.2. The van der Waals surface area contributed by atoms with Crippen molar-refractivity contribution in [1.82, 2.24) is 0 Å². The lowest BCUT2D eigenvalue weighted by atomic mass is 9.66. The number of carbonyl (C=O) groups is 1. The fourth-order valence-electron chi connectivity index (χ4n) is 4.31. The van der Waals surface area contributed by atoms with Gasteiger partial charge in [-0.25, -0.2) is 0 Å². The number of benzene rings is 1. The monoisotopic (exact) mass is 279 g/mol. The van der Waals surface area contributed by atoms with E-state index in [4.69, 9.17) is 5.73 Å². The molecule has 1 amide bonds. The van der Waals surface area contributed by atoms with Gasteiger partial charge >= 0.3 is 0 Å². The molecule has 0 saturated heterocycles. The van der Waals surface area contributed by atoms with Crippen LogP contribution < -0.4 is 5.73 Å². The number of allylic oxidation sites excluding steroid dienone is 3. The van der Waals surface area contributed by atoms with Gasteiger partial charge in [-0.3, -0.25) is 4.79 Å². The first-order chi connectivity index (χ1) is 10.2. The van der Waals surface area contributed by atoms with Crippen molar-refractivity contribution in [2.24, 2.45) is 23.5 Å². The summed E-state index contributed by atoms with van der Waals surface area (Å²) in [6.07, 6.45) is 10.1. The van der Waals surface area contributed by atoms with Crippen LogP contribution in [0.3, 0.4) is 0 Å². The zero-order valence-corrected chi connectivity index (χ0v) is 12.2. The molecule has 1 aromatic rings. The number of amides is 1. The highest BCUT2D eigenvalue weighted by atomic mass is 16.1. The molecular formula is C19H21NO. The third-order valence-corrected chi connectivity index (χ3v) is 5.51. The second-order valence-corrected chi connectivity index (χ2v) is 6.78. The third kappa shape index (κ3) is 2.23. The molecule has 2 N–H and O–H groups in total. The normalized spacial score (nSPS) is 30.4. The predicted octanol–water partition coefficient (Wildman–Crippen LogP) is 3.47. The highest BCUT2D eigenvalue weighted by Crippen LogP contribution is 2.45. The quantitative estimate of drug-likeness (QED) is 0.840. The van der Waals surface area contributed by atoms with Gasteiger partial charge in [-0.05, 0) is 60.6 Å². The first-order valence-corrected chi connectivity index (χ1v) is 8.00. The summed E-state index contributed by atoms with van der Waals surface area (Å²) in [5, 5.41) is 0. The van der Waals surface area contributed by atoms with Crippen LogP contribution in [0, 0.1) is 17.8 Å². The van der Waals surface area contributed by atoms with Crippen LogP contribution in [0.15, 0.2) is 41.5 Å². The fraction of sp³-hybridized carbons (Fsp3) is 0.421. The van der Waals surface area contributed by atoms with E-state index in [9.17, 15) is 4.79 Å². The number of hydrogen-bond donors (Lipinski definition) is 1. The van der Waals surface area contributed by atoms with Crippen molar-refractivity contribution >= 4 is 12.0 Å². The van der Waals surface area contributed by atoms with Gasteiger partial charge in [-0.15, -0.1) is 0 Å². The van der Waals surface area contributed by atoms with Gasteiger partial charge in [-0.2, -0.15) is 0 Å². The van der Waals surface area contributed by atoms with Gasteiger partial charge in [0.05, 0.1) is 0 Å². The van der Waals surface area contributed by atoms with Crippen molar-refractivity contribution < 1.29 is 4.79 Å². The molecule has 0 radical (unpaired) electrons. The van der Waals surface area contributed by atoms with Crippen LogP contribution in [0.2, 0.25) is 0 Å². The van der Waals surface area contributed by atoms with Crippen molar-refractivity contribution in [2.45, 2.75) is 32.1 Å². The lowest BCUT2D eigenvalue weighted by Crippen LogP contribution is -2.32. The molecule has 0 aromatic heterocycles. The Bertz CT molecular complexity index is 655. The number of nitrogens with two attached hydrogens (primary N) is 1. The van der Waals surface area contributed by atoms with E-state index in [2.05, 4.69) is 36.4 Å². The maximum atomic E-state index is 11.5. The number of primary amides is 1. The van der Waals surface area contributed by atoms with Crippen LogP contribution in [-0.4, -0.2) is 5.91 Å². The first kappa shape index (κ1) is 12.9. The molecule has 1 saturated carbocycles. The van der Waals surface area contributed by atoms with E-state index in [-0.39, 0.29) is 11.8 Å². The Morgan fingerprint density at radius 3 is 2.76 bits per heavy atom. The van der Waals surface area contributed by atoms with Crippen molar-refractivity contribution in [2.75, 3.05) is 0 Å². The Hall–Kier alpha value is -1.83. The Balaban J connectivity index is 1.68. The van der Waals surface area contributed by atoms with E-state index in [1.807, 2.05) is 0 Å². The molecule has 0 spiro atoms. The average molecular weight is 279 g/mol. The van der Waals surface area contributed by atoms with Crippen LogP contribution >= 0.6 is 0 Å². The van der Waals surface area contributed by atoms with Crippen molar-refractivity contribution in [3.05, 3.63) is 52.6 Å². The number of rotatable bonds is 1. The van der Waals surface area contributed by atoms with E-state index in [1.54, 1.807) is 0 Å². The summed E-state index contributed by atoms with van der Waals surface area (Å²) >= 11 is 0. The molecule has 4 rings (SSSR count). The zero-order chi connectivity index (χ0) is 14.4. The van der Waals surface area contributed by atoms with Gasteiger partial charge in [-0.1, -0.05) is 42.0 Å². The van der Waals surface area contributed by atoms with E-state index in [1.165, 1.54) is 35.1 Å². The van der Waals surface area contributed by atoms with E-state index >= 15 is 0 Å².